The number of carbonyl (C=O) groups is 4. The topological polar surface area (TPSA) is 206 Å². The van der Waals surface area contributed by atoms with Crippen molar-refractivity contribution in [1.82, 2.24) is 11.0 Å². The third-order valence-corrected chi connectivity index (χ3v) is 2.46. The Kier molecular flexibility index (Phi) is 8.16. The molecule has 0 unspecified atom stereocenters. The summed E-state index contributed by atoms with van der Waals surface area (Å²) in [5.74, 6) is -3.05. The second-order valence-corrected chi connectivity index (χ2v) is 5.15. The van der Waals surface area contributed by atoms with Gasteiger partial charge in [0.05, 0.1) is 0 Å². The Morgan fingerprint density at radius 1 is 0.810 bits per heavy atom. The molecule has 0 fully saturated rings. The largest absolute Gasteiger partial charge is 0.445 e. The molecular formula is C8H16N5O7P. The molecule has 0 rings (SSSR count). The number of nitrogens with two attached hydrogens (primary N) is 3. The van der Waals surface area contributed by atoms with Crippen LogP contribution in [-0.4, -0.2) is 23.6 Å². The van der Waals surface area contributed by atoms with E-state index in [1.54, 1.807) is 11.0 Å². The first-order valence-electron chi connectivity index (χ1n) is 5.52. The lowest BCUT2D eigenvalue weighted by molar-refractivity contribution is -0.132. The van der Waals surface area contributed by atoms with Gasteiger partial charge in [-0.2, -0.15) is 9.25 Å². The van der Waals surface area contributed by atoms with Crippen LogP contribution in [0.1, 0.15) is 25.7 Å². The molecular weight excluding hydrogens is 309 g/mol. The summed E-state index contributed by atoms with van der Waals surface area (Å²) in [7, 11) is -4.29. The van der Waals surface area contributed by atoms with Crippen molar-refractivity contribution in [2.75, 3.05) is 0 Å². The Labute approximate surface area is 119 Å². The summed E-state index contributed by atoms with van der Waals surface area (Å²) < 4.78 is 19.9. The molecule has 0 bridgehead atoms. The molecule has 0 radical (unpaired) electrons. The molecule has 0 aromatic rings. The van der Waals surface area contributed by atoms with Crippen LogP contribution in [0.2, 0.25) is 0 Å². The van der Waals surface area contributed by atoms with Crippen LogP contribution in [0.25, 0.3) is 0 Å². The molecule has 8 N–H and O–H groups in total. The van der Waals surface area contributed by atoms with Crippen LogP contribution < -0.4 is 27.9 Å². The Morgan fingerprint density at radius 2 is 1.14 bits per heavy atom. The molecule has 0 aliphatic heterocycles. The number of hydrogen-bond acceptors (Lipinski definition) is 7. The summed E-state index contributed by atoms with van der Waals surface area (Å²) >= 11 is 0. The second kappa shape index (κ2) is 9.02. The highest BCUT2D eigenvalue weighted by molar-refractivity contribution is 7.51. The summed E-state index contributed by atoms with van der Waals surface area (Å²) in [6.07, 6.45) is -1.09. The number of hydrogen-bond donors (Lipinski definition) is 5. The van der Waals surface area contributed by atoms with Gasteiger partial charge in [0, 0.05) is 25.7 Å². The first-order chi connectivity index (χ1) is 9.62. The SMILES string of the molecule is NC(=O)CCC(=O)NOP(N)(=O)ONC(=O)CCC(N)=O. The summed E-state index contributed by atoms with van der Waals surface area (Å²) in [5, 5.41) is 0. The van der Waals surface area contributed by atoms with Gasteiger partial charge in [-0.25, -0.2) is 21.0 Å². The summed E-state index contributed by atoms with van der Waals surface area (Å²) in [6.45, 7) is 0. The van der Waals surface area contributed by atoms with Crippen LogP contribution in [0, 0.1) is 0 Å². The maximum absolute atomic E-state index is 11.4. The molecule has 120 valence electrons. The van der Waals surface area contributed by atoms with Crippen molar-refractivity contribution in [2.45, 2.75) is 25.7 Å². The second-order valence-electron chi connectivity index (χ2n) is 3.71. The van der Waals surface area contributed by atoms with E-state index in [-0.39, 0.29) is 25.7 Å². The highest BCUT2D eigenvalue weighted by atomic mass is 31.2. The number of hydroxylamine groups is 2. The Bertz CT molecular complexity index is 430. The highest BCUT2D eigenvalue weighted by Crippen LogP contribution is 2.35. The maximum Gasteiger partial charge on any atom is 0.445 e. The first kappa shape index (κ1) is 19.0. The van der Waals surface area contributed by atoms with Crippen molar-refractivity contribution >= 4 is 31.4 Å². The van der Waals surface area contributed by atoms with Gasteiger partial charge >= 0.3 is 7.75 Å². The normalized spacial score (nSPS) is 10.7. The molecule has 12 nitrogen and oxygen atoms in total. The lowest BCUT2D eigenvalue weighted by atomic mass is 10.3. The van der Waals surface area contributed by atoms with Crippen molar-refractivity contribution < 1.29 is 33.0 Å². The van der Waals surface area contributed by atoms with Crippen molar-refractivity contribution in [3.05, 3.63) is 0 Å². The van der Waals surface area contributed by atoms with Crippen LogP contribution in [-0.2, 0) is 33.0 Å². The van der Waals surface area contributed by atoms with E-state index < -0.39 is 31.4 Å². The summed E-state index contributed by atoms with van der Waals surface area (Å²) in [6, 6.07) is 0. The van der Waals surface area contributed by atoms with Gasteiger partial charge in [-0.05, 0) is 0 Å². The lowest BCUT2D eigenvalue weighted by Crippen LogP contribution is -2.30. The van der Waals surface area contributed by atoms with Crippen LogP contribution >= 0.6 is 7.75 Å². The van der Waals surface area contributed by atoms with Crippen LogP contribution in [0.15, 0.2) is 0 Å². The van der Waals surface area contributed by atoms with Crippen molar-refractivity contribution in [3.8, 4) is 0 Å². The molecule has 0 atom stereocenters. The first-order valence-corrected chi connectivity index (χ1v) is 7.13. The monoisotopic (exact) mass is 325 g/mol. The zero-order valence-electron chi connectivity index (χ0n) is 10.9. The molecule has 13 heteroatoms. The predicted molar refractivity (Wildman–Crippen MR) is 67.1 cm³/mol. The number of carbonyl (C=O) groups excluding carboxylic acids is 4. The number of amides is 4. The zero-order chi connectivity index (χ0) is 16.5. The number of rotatable bonds is 10. The van der Waals surface area contributed by atoms with Crippen LogP contribution in [0.5, 0.6) is 0 Å². The summed E-state index contributed by atoms with van der Waals surface area (Å²) in [5.41, 5.74) is 18.0. The molecule has 0 heterocycles. The standard InChI is InChI=1S/C8H16N5O7P/c9-5(14)1-3-7(16)12-19-21(11,18)20-13-8(17)4-2-6(10)15/h1-4H2,(H2,9,14)(H2,10,15)(H2,11,18)(H,12,16)(H,13,17). The van der Waals surface area contributed by atoms with E-state index in [0.717, 1.165) is 0 Å². The van der Waals surface area contributed by atoms with Crippen LogP contribution in [0.3, 0.4) is 0 Å². The van der Waals surface area contributed by atoms with Gasteiger partial charge in [0.15, 0.2) is 0 Å². The van der Waals surface area contributed by atoms with E-state index in [0.29, 0.717) is 0 Å². The summed E-state index contributed by atoms with van der Waals surface area (Å²) in [4.78, 5) is 43.0. The predicted octanol–water partition coefficient (Wildman–Crippen LogP) is -2.32. The minimum absolute atomic E-state index is 0.241. The minimum Gasteiger partial charge on any atom is -0.370 e. The van der Waals surface area contributed by atoms with Crippen LogP contribution in [0.4, 0.5) is 0 Å². The molecule has 0 aromatic carbocycles. The molecule has 4 amide bonds. The van der Waals surface area contributed by atoms with Crippen molar-refractivity contribution in [2.24, 2.45) is 17.0 Å². The van der Waals surface area contributed by atoms with Crippen molar-refractivity contribution in [3.63, 3.8) is 0 Å². The third-order valence-electron chi connectivity index (χ3n) is 1.77. The molecule has 0 saturated heterocycles. The third kappa shape index (κ3) is 11.5. The zero-order valence-corrected chi connectivity index (χ0v) is 11.8. The average Bonchev–Trinajstić information content (AvgIpc) is 2.38. The van der Waals surface area contributed by atoms with E-state index in [1.807, 2.05) is 0 Å². The maximum atomic E-state index is 11.4. The highest BCUT2D eigenvalue weighted by Gasteiger charge is 2.22. The molecule has 0 spiro atoms. The fourth-order valence-electron chi connectivity index (χ4n) is 0.823. The van der Waals surface area contributed by atoms with Gasteiger partial charge in [-0.3, -0.25) is 19.2 Å². The molecule has 0 aliphatic rings. The average molecular weight is 325 g/mol. The van der Waals surface area contributed by atoms with Gasteiger partial charge in [-0.15, -0.1) is 0 Å². The van der Waals surface area contributed by atoms with Gasteiger partial charge in [-0.1, -0.05) is 0 Å². The Balaban J connectivity index is 4.00. The van der Waals surface area contributed by atoms with E-state index >= 15 is 0 Å². The molecule has 0 aliphatic carbocycles. The smallest absolute Gasteiger partial charge is 0.370 e. The molecule has 0 aromatic heterocycles. The Morgan fingerprint density at radius 3 is 1.43 bits per heavy atom. The van der Waals surface area contributed by atoms with Crippen molar-refractivity contribution in [1.29, 1.82) is 0 Å². The fourth-order valence-corrected chi connectivity index (χ4v) is 1.32. The van der Waals surface area contributed by atoms with Gasteiger partial charge in [0.2, 0.25) is 23.6 Å². The van der Waals surface area contributed by atoms with Gasteiger partial charge < -0.3 is 11.5 Å². The number of primary amides is 2. The van der Waals surface area contributed by atoms with E-state index in [2.05, 4.69) is 9.25 Å². The quantitative estimate of drug-likeness (QED) is 0.217. The van der Waals surface area contributed by atoms with Gasteiger partial charge in [0.1, 0.15) is 0 Å². The Hall–Kier alpha value is -2.01. The number of nitrogens with one attached hydrogen (secondary N) is 2. The van der Waals surface area contributed by atoms with E-state index in [4.69, 9.17) is 17.0 Å². The lowest BCUT2D eigenvalue weighted by Gasteiger charge is -2.13. The fraction of sp³-hybridized carbons (Fsp3) is 0.500. The molecule has 21 heavy (non-hydrogen) atoms. The molecule has 0 saturated carbocycles. The van der Waals surface area contributed by atoms with Gasteiger partial charge in [0.25, 0.3) is 0 Å². The van der Waals surface area contributed by atoms with E-state index in [1.165, 1.54) is 0 Å². The van der Waals surface area contributed by atoms with E-state index in [9.17, 15) is 23.7 Å². The minimum atomic E-state index is -4.29.